The minimum Gasteiger partial charge on any atom is -0.493 e. The molecule has 2 heterocycles. The maximum absolute atomic E-state index is 13.0. The largest absolute Gasteiger partial charge is 0.493 e. The molecule has 0 radical (unpaired) electrons. The van der Waals surface area contributed by atoms with Crippen LogP contribution >= 0.6 is 0 Å². The Balaban J connectivity index is 1.59. The van der Waals surface area contributed by atoms with E-state index in [1.165, 1.54) is 4.68 Å². The molecule has 0 aliphatic heterocycles. The molecule has 4 aromatic rings. The van der Waals surface area contributed by atoms with Gasteiger partial charge in [0.05, 0.1) is 19.7 Å². The number of aryl methyl sites for hydroxylation is 2. The van der Waals surface area contributed by atoms with E-state index < -0.39 is 0 Å². The van der Waals surface area contributed by atoms with Crippen molar-refractivity contribution in [2.24, 2.45) is 0 Å². The van der Waals surface area contributed by atoms with Gasteiger partial charge in [0.1, 0.15) is 17.9 Å². The zero-order valence-electron chi connectivity index (χ0n) is 17.9. The number of fused-ring (bicyclic) bond motifs is 3. The second-order valence-corrected chi connectivity index (χ2v) is 7.37. The smallest absolute Gasteiger partial charge is 0.291 e. The van der Waals surface area contributed by atoms with E-state index in [4.69, 9.17) is 9.47 Å². The van der Waals surface area contributed by atoms with Crippen LogP contribution in [-0.4, -0.2) is 34.3 Å². The highest BCUT2D eigenvalue weighted by Crippen LogP contribution is 2.30. The van der Waals surface area contributed by atoms with Crippen molar-refractivity contribution >= 4 is 22.3 Å². The van der Waals surface area contributed by atoms with Gasteiger partial charge < -0.3 is 14.8 Å². The Labute approximate surface area is 179 Å². The van der Waals surface area contributed by atoms with E-state index in [-0.39, 0.29) is 24.6 Å². The number of nitrogens with zero attached hydrogens (tertiary/aromatic N) is 3. The molecule has 2 aromatic carbocycles. The third kappa shape index (κ3) is 3.72. The maximum Gasteiger partial charge on any atom is 0.291 e. The molecule has 2 aromatic heterocycles. The number of rotatable bonds is 6. The van der Waals surface area contributed by atoms with Crippen LogP contribution in [0.5, 0.6) is 11.5 Å². The number of para-hydroxylation sites is 1. The van der Waals surface area contributed by atoms with E-state index in [0.29, 0.717) is 22.8 Å². The second kappa shape index (κ2) is 8.14. The van der Waals surface area contributed by atoms with E-state index in [1.54, 1.807) is 20.3 Å². The zero-order valence-corrected chi connectivity index (χ0v) is 17.9. The third-order valence-electron chi connectivity index (χ3n) is 5.25. The summed E-state index contributed by atoms with van der Waals surface area (Å²) >= 11 is 0. The summed E-state index contributed by atoms with van der Waals surface area (Å²) in [5, 5.41) is 8.15. The number of hydrogen-bond donors (Lipinski definition) is 1. The number of carbonyl (C=O) groups is 1. The van der Waals surface area contributed by atoms with Crippen LogP contribution in [-0.2, 0) is 17.9 Å². The van der Waals surface area contributed by atoms with Gasteiger partial charge in [-0.05, 0) is 38.1 Å². The first-order valence-corrected chi connectivity index (χ1v) is 9.89. The van der Waals surface area contributed by atoms with Crippen molar-refractivity contribution in [2.45, 2.75) is 26.9 Å². The first-order chi connectivity index (χ1) is 14.9. The molecule has 1 amide bonds. The normalized spacial score (nSPS) is 11.1. The van der Waals surface area contributed by atoms with E-state index in [2.05, 4.69) is 10.4 Å². The molecule has 0 aliphatic rings. The molecule has 4 rings (SSSR count). The van der Waals surface area contributed by atoms with Crippen LogP contribution in [0.1, 0.15) is 17.0 Å². The summed E-state index contributed by atoms with van der Waals surface area (Å²) < 4.78 is 13.7. The highest BCUT2D eigenvalue weighted by atomic mass is 16.5. The van der Waals surface area contributed by atoms with E-state index in [0.717, 1.165) is 22.0 Å². The lowest BCUT2D eigenvalue weighted by Crippen LogP contribution is -2.34. The van der Waals surface area contributed by atoms with Crippen molar-refractivity contribution in [1.29, 1.82) is 0 Å². The Morgan fingerprint density at radius 1 is 1.06 bits per heavy atom. The van der Waals surface area contributed by atoms with Crippen LogP contribution < -0.4 is 20.3 Å². The predicted molar refractivity (Wildman–Crippen MR) is 118 cm³/mol. The van der Waals surface area contributed by atoms with Crippen molar-refractivity contribution in [3.8, 4) is 11.5 Å². The van der Waals surface area contributed by atoms with E-state index in [9.17, 15) is 9.59 Å². The van der Waals surface area contributed by atoms with Gasteiger partial charge in [0.25, 0.3) is 5.56 Å². The average Bonchev–Trinajstić information content (AvgIpc) is 3.14. The predicted octanol–water partition coefficient (Wildman–Crippen LogP) is 2.60. The standard InChI is InChI=1S/C23H24N4O4/c1-14-8-9-18-17(10-14)11-19-23(29)26(25-15(2)27(18)19)13-21(28)24-12-16-6-5-7-20(30-3)22(16)31-4/h5-11H,12-13H2,1-4H3,(H,24,28). The quantitative estimate of drug-likeness (QED) is 0.518. The van der Waals surface area contributed by atoms with Gasteiger partial charge in [0, 0.05) is 17.5 Å². The first kappa shape index (κ1) is 20.5. The molecule has 160 valence electrons. The van der Waals surface area contributed by atoms with Gasteiger partial charge >= 0.3 is 0 Å². The molecule has 0 saturated heterocycles. The van der Waals surface area contributed by atoms with Crippen molar-refractivity contribution in [2.75, 3.05) is 14.2 Å². The Morgan fingerprint density at radius 3 is 2.61 bits per heavy atom. The summed E-state index contributed by atoms with van der Waals surface area (Å²) in [6.07, 6.45) is 0. The number of benzene rings is 2. The fourth-order valence-electron chi connectivity index (χ4n) is 3.82. The van der Waals surface area contributed by atoms with Gasteiger partial charge in [-0.15, -0.1) is 0 Å². The number of methoxy groups -OCH3 is 2. The van der Waals surface area contributed by atoms with Crippen LogP contribution in [0.3, 0.4) is 0 Å². The van der Waals surface area contributed by atoms with Gasteiger partial charge in [-0.1, -0.05) is 23.8 Å². The first-order valence-electron chi connectivity index (χ1n) is 9.89. The molecule has 0 bridgehead atoms. The molecule has 1 N–H and O–H groups in total. The maximum atomic E-state index is 13.0. The lowest BCUT2D eigenvalue weighted by atomic mass is 10.2. The summed E-state index contributed by atoms with van der Waals surface area (Å²) in [4.78, 5) is 25.6. The molecule has 0 unspecified atom stereocenters. The van der Waals surface area contributed by atoms with Gasteiger partial charge in [-0.25, -0.2) is 4.68 Å². The molecule has 0 spiro atoms. The number of amides is 1. The highest BCUT2D eigenvalue weighted by molar-refractivity contribution is 5.87. The summed E-state index contributed by atoms with van der Waals surface area (Å²) in [6, 6.07) is 13.3. The molecule has 0 fully saturated rings. The zero-order chi connectivity index (χ0) is 22.1. The van der Waals surface area contributed by atoms with Gasteiger partial charge in [0.2, 0.25) is 5.91 Å². The van der Waals surface area contributed by atoms with E-state index >= 15 is 0 Å². The van der Waals surface area contributed by atoms with Crippen molar-refractivity contribution in [3.63, 3.8) is 0 Å². The Kier molecular flexibility index (Phi) is 5.37. The number of aromatic nitrogens is 3. The molecule has 31 heavy (non-hydrogen) atoms. The number of ether oxygens (including phenoxy) is 2. The van der Waals surface area contributed by atoms with Gasteiger partial charge in [-0.2, -0.15) is 5.10 Å². The fourth-order valence-corrected chi connectivity index (χ4v) is 3.82. The number of carbonyl (C=O) groups excluding carboxylic acids is 1. The fraction of sp³-hybridized carbons (Fsp3) is 0.261. The number of nitrogens with one attached hydrogen (secondary N) is 1. The molecule has 8 nitrogen and oxygen atoms in total. The third-order valence-corrected chi connectivity index (χ3v) is 5.25. The molecule has 0 saturated carbocycles. The molecular weight excluding hydrogens is 396 g/mol. The van der Waals surface area contributed by atoms with Crippen LogP contribution in [0.4, 0.5) is 0 Å². The number of hydrogen-bond acceptors (Lipinski definition) is 5. The summed E-state index contributed by atoms with van der Waals surface area (Å²) in [5.74, 6) is 1.46. The van der Waals surface area contributed by atoms with E-state index in [1.807, 2.05) is 54.6 Å². The van der Waals surface area contributed by atoms with Crippen LogP contribution in [0, 0.1) is 13.8 Å². The van der Waals surface area contributed by atoms with Crippen molar-refractivity contribution < 1.29 is 14.3 Å². The lowest BCUT2D eigenvalue weighted by Gasteiger charge is -2.13. The summed E-state index contributed by atoms with van der Waals surface area (Å²) in [5.41, 5.74) is 2.99. The molecular formula is C23H24N4O4. The monoisotopic (exact) mass is 420 g/mol. The molecule has 8 heteroatoms. The van der Waals surface area contributed by atoms with Gasteiger partial charge in [-0.3, -0.25) is 14.0 Å². The lowest BCUT2D eigenvalue weighted by molar-refractivity contribution is -0.122. The minimum absolute atomic E-state index is 0.178. The Bertz CT molecular complexity index is 1350. The van der Waals surface area contributed by atoms with Crippen LogP contribution in [0.15, 0.2) is 47.3 Å². The highest BCUT2D eigenvalue weighted by Gasteiger charge is 2.15. The second-order valence-electron chi connectivity index (χ2n) is 7.37. The SMILES string of the molecule is COc1cccc(CNC(=O)Cn2nc(C)n3c(cc4cc(C)ccc43)c2=O)c1OC. The van der Waals surface area contributed by atoms with Crippen molar-refractivity contribution in [1.82, 2.24) is 19.5 Å². The summed E-state index contributed by atoms with van der Waals surface area (Å²) in [6.45, 7) is 3.89. The van der Waals surface area contributed by atoms with Gasteiger partial charge in [0.15, 0.2) is 11.5 Å². The average molecular weight is 420 g/mol. The molecule has 0 aliphatic carbocycles. The topological polar surface area (TPSA) is 86.9 Å². The Hall–Kier alpha value is -3.81. The Morgan fingerprint density at radius 2 is 1.87 bits per heavy atom. The molecule has 0 atom stereocenters. The van der Waals surface area contributed by atoms with Crippen molar-refractivity contribution in [3.05, 3.63) is 69.8 Å². The van der Waals surface area contributed by atoms with Crippen LogP contribution in [0.25, 0.3) is 16.4 Å². The summed E-state index contributed by atoms with van der Waals surface area (Å²) in [7, 11) is 3.11. The minimum atomic E-state index is -0.324. The van der Waals surface area contributed by atoms with Crippen LogP contribution in [0.2, 0.25) is 0 Å².